The van der Waals surface area contributed by atoms with Gasteiger partial charge in [-0.3, -0.25) is 0 Å². The van der Waals surface area contributed by atoms with Crippen molar-refractivity contribution < 1.29 is 46.1 Å². The van der Waals surface area contributed by atoms with Gasteiger partial charge in [0.05, 0.1) is 5.56 Å². The minimum atomic E-state index is -5.19. The van der Waals surface area contributed by atoms with Crippen molar-refractivity contribution in [2.45, 2.75) is 18.6 Å². The maximum absolute atomic E-state index is 13.4. The highest BCUT2D eigenvalue weighted by Gasteiger charge is 2.38. The van der Waals surface area contributed by atoms with Crippen molar-refractivity contribution >= 4 is 5.97 Å². The minimum absolute atomic E-state index is 0.567. The van der Waals surface area contributed by atoms with Gasteiger partial charge in [0.1, 0.15) is 5.75 Å². The first-order chi connectivity index (χ1) is 11.9. The van der Waals surface area contributed by atoms with Crippen molar-refractivity contribution in [3.05, 3.63) is 53.6 Å². The Morgan fingerprint density at radius 2 is 1.58 bits per heavy atom. The molecule has 2 N–H and O–H groups in total. The fraction of sp³-hybridized carbons (Fsp3) is 0.188. The summed E-state index contributed by atoms with van der Waals surface area (Å²) in [4.78, 5) is 11.0. The number of ether oxygens (including phenoxy) is 1. The van der Waals surface area contributed by atoms with Crippen molar-refractivity contribution in [1.82, 2.24) is 0 Å². The predicted molar refractivity (Wildman–Crippen MR) is 76.2 cm³/mol. The van der Waals surface area contributed by atoms with Crippen LogP contribution in [0.1, 0.15) is 17.2 Å². The zero-order valence-electron chi connectivity index (χ0n) is 12.6. The van der Waals surface area contributed by atoms with Crippen LogP contribution < -0.4 is 4.74 Å². The highest BCUT2D eigenvalue weighted by atomic mass is 19.4. The molecule has 0 aliphatic rings. The second-order valence-corrected chi connectivity index (χ2v) is 5.05. The molecule has 2 aromatic carbocycles. The van der Waals surface area contributed by atoms with Crippen molar-refractivity contribution in [3.8, 4) is 16.9 Å². The fourth-order valence-corrected chi connectivity index (χ4v) is 2.35. The van der Waals surface area contributed by atoms with Gasteiger partial charge in [-0.05, 0) is 12.1 Å². The lowest BCUT2D eigenvalue weighted by Gasteiger charge is -2.21. The largest absolute Gasteiger partial charge is 0.573 e. The molecule has 2 rings (SSSR count). The van der Waals surface area contributed by atoms with Gasteiger partial charge in [0, 0.05) is 16.7 Å². The predicted octanol–water partition coefficient (Wildman–Crippen LogP) is 4.39. The van der Waals surface area contributed by atoms with Gasteiger partial charge in [-0.1, -0.05) is 30.3 Å². The Morgan fingerprint density at radius 1 is 0.962 bits per heavy atom. The molecule has 1 unspecified atom stereocenters. The molecule has 0 radical (unpaired) electrons. The number of para-hydroxylation sites is 1. The summed E-state index contributed by atoms with van der Waals surface area (Å²) < 4.78 is 81.5. The smallest absolute Gasteiger partial charge is 0.479 e. The van der Waals surface area contributed by atoms with Crippen LogP contribution >= 0.6 is 0 Å². The Balaban J connectivity index is 2.82. The first-order valence-corrected chi connectivity index (χ1v) is 6.88. The molecule has 0 aromatic heterocycles. The average molecular weight is 380 g/mol. The van der Waals surface area contributed by atoms with Gasteiger partial charge in [0.25, 0.3) is 0 Å². The van der Waals surface area contributed by atoms with Crippen LogP contribution in [0.4, 0.5) is 26.3 Å². The first kappa shape index (κ1) is 19.6. The average Bonchev–Trinajstić information content (AvgIpc) is 2.51. The van der Waals surface area contributed by atoms with Crippen LogP contribution in [0.5, 0.6) is 5.75 Å². The molecule has 0 bridgehead atoms. The van der Waals surface area contributed by atoms with E-state index in [0.29, 0.717) is 6.07 Å². The maximum atomic E-state index is 13.4. The molecule has 0 fully saturated rings. The number of carboxylic acids is 1. The summed E-state index contributed by atoms with van der Waals surface area (Å²) in [5, 5.41) is 18.6. The number of alkyl halides is 6. The molecular formula is C16H10F6O4. The van der Waals surface area contributed by atoms with Crippen LogP contribution in [-0.4, -0.2) is 22.5 Å². The Hall–Kier alpha value is -2.75. The van der Waals surface area contributed by atoms with Crippen LogP contribution in [0.3, 0.4) is 0 Å². The molecule has 0 aliphatic heterocycles. The molecule has 2 aromatic rings. The maximum Gasteiger partial charge on any atom is 0.573 e. The number of aliphatic hydroxyl groups excluding tert-OH is 1. The SMILES string of the molecule is O=C(O)C(O)c1cccc(C(F)(F)F)c1-c1ccccc1OC(F)(F)F. The van der Waals surface area contributed by atoms with Crippen LogP contribution in [0.15, 0.2) is 42.5 Å². The van der Waals surface area contributed by atoms with Gasteiger partial charge in [-0.15, -0.1) is 13.2 Å². The lowest BCUT2D eigenvalue weighted by Crippen LogP contribution is -2.19. The molecule has 140 valence electrons. The molecule has 0 heterocycles. The molecule has 0 saturated carbocycles. The minimum Gasteiger partial charge on any atom is -0.479 e. The third-order valence-corrected chi connectivity index (χ3v) is 3.31. The molecule has 1 atom stereocenters. The summed E-state index contributed by atoms with van der Waals surface area (Å²) in [5.41, 5.74) is -3.69. The summed E-state index contributed by atoms with van der Waals surface area (Å²) in [7, 11) is 0. The van der Waals surface area contributed by atoms with E-state index in [1.54, 1.807) is 0 Å². The van der Waals surface area contributed by atoms with Crippen LogP contribution in [0, 0.1) is 0 Å². The van der Waals surface area contributed by atoms with E-state index in [9.17, 15) is 36.2 Å². The second kappa shape index (κ2) is 6.87. The van der Waals surface area contributed by atoms with Gasteiger partial charge in [0.2, 0.25) is 0 Å². The summed E-state index contributed by atoms with van der Waals surface area (Å²) in [6.07, 6.45) is -12.6. The Labute approximate surface area is 142 Å². The third-order valence-electron chi connectivity index (χ3n) is 3.31. The number of aliphatic carboxylic acids is 1. The van der Waals surface area contributed by atoms with E-state index in [4.69, 9.17) is 5.11 Å². The fourth-order valence-electron chi connectivity index (χ4n) is 2.35. The number of halogens is 6. The van der Waals surface area contributed by atoms with Gasteiger partial charge >= 0.3 is 18.5 Å². The van der Waals surface area contributed by atoms with Gasteiger partial charge in [-0.25, -0.2) is 4.79 Å². The molecule has 10 heteroatoms. The third kappa shape index (κ3) is 4.26. The van der Waals surface area contributed by atoms with Gasteiger partial charge in [-0.2, -0.15) is 13.2 Å². The van der Waals surface area contributed by atoms with E-state index in [2.05, 4.69) is 4.74 Å². The van der Waals surface area contributed by atoms with E-state index < -0.39 is 52.6 Å². The van der Waals surface area contributed by atoms with E-state index in [1.807, 2.05) is 0 Å². The molecule has 0 amide bonds. The van der Waals surface area contributed by atoms with E-state index in [-0.39, 0.29) is 0 Å². The topological polar surface area (TPSA) is 66.8 Å². The van der Waals surface area contributed by atoms with E-state index in [0.717, 1.165) is 36.4 Å². The molecular weight excluding hydrogens is 370 g/mol. The quantitative estimate of drug-likeness (QED) is 0.773. The zero-order valence-corrected chi connectivity index (χ0v) is 12.6. The Kier molecular flexibility index (Phi) is 5.17. The van der Waals surface area contributed by atoms with Crippen LogP contribution in [0.25, 0.3) is 11.1 Å². The highest BCUT2D eigenvalue weighted by molar-refractivity contribution is 5.83. The number of benzene rings is 2. The normalized spacial score (nSPS) is 13.3. The van der Waals surface area contributed by atoms with Crippen molar-refractivity contribution in [2.75, 3.05) is 0 Å². The lowest BCUT2D eigenvalue weighted by atomic mass is 9.90. The molecule has 4 nitrogen and oxygen atoms in total. The van der Waals surface area contributed by atoms with Crippen molar-refractivity contribution in [3.63, 3.8) is 0 Å². The van der Waals surface area contributed by atoms with Gasteiger partial charge < -0.3 is 14.9 Å². The van der Waals surface area contributed by atoms with E-state index >= 15 is 0 Å². The van der Waals surface area contributed by atoms with Crippen LogP contribution in [0.2, 0.25) is 0 Å². The summed E-state index contributed by atoms with van der Waals surface area (Å²) in [6, 6.07) is 6.25. The van der Waals surface area contributed by atoms with E-state index in [1.165, 1.54) is 0 Å². The molecule has 0 saturated heterocycles. The number of hydrogen-bond acceptors (Lipinski definition) is 3. The lowest BCUT2D eigenvalue weighted by molar-refractivity contribution is -0.274. The monoisotopic (exact) mass is 380 g/mol. The highest BCUT2D eigenvalue weighted by Crippen LogP contribution is 2.44. The summed E-state index contributed by atoms with van der Waals surface area (Å²) in [5.74, 6) is -2.82. The van der Waals surface area contributed by atoms with Crippen LogP contribution in [-0.2, 0) is 11.0 Å². The molecule has 0 spiro atoms. The summed E-state index contributed by atoms with van der Waals surface area (Å²) >= 11 is 0. The summed E-state index contributed by atoms with van der Waals surface area (Å²) in [6.45, 7) is 0. The standard InChI is InChI=1S/C16H10F6O4/c17-15(18,19)10-6-3-5-9(13(23)14(24)25)12(10)8-4-1-2-7-11(8)26-16(20,21)22/h1-7,13,23H,(H,24,25). The first-order valence-electron chi connectivity index (χ1n) is 6.88. The zero-order chi connectivity index (χ0) is 19.7. The number of rotatable bonds is 4. The number of hydrogen-bond donors (Lipinski definition) is 2. The van der Waals surface area contributed by atoms with Crippen molar-refractivity contribution in [1.29, 1.82) is 0 Å². The second-order valence-electron chi connectivity index (χ2n) is 5.05. The van der Waals surface area contributed by atoms with Crippen molar-refractivity contribution in [2.24, 2.45) is 0 Å². The Bertz CT molecular complexity index is 813. The number of aliphatic hydroxyl groups is 1. The molecule has 0 aliphatic carbocycles. The number of carboxylic acid groups (broad SMARTS) is 1. The Morgan fingerprint density at radius 3 is 2.12 bits per heavy atom. The van der Waals surface area contributed by atoms with Gasteiger partial charge in [0.15, 0.2) is 6.10 Å². The molecule has 26 heavy (non-hydrogen) atoms. The number of carbonyl (C=O) groups is 1.